The van der Waals surface area contributed by atoms with E-state index in [0.29, 0.717) is 24.2 Å². The lowest BCUT2D eigenvalue weighted by Crippen LogP contribution is -2.35. The zero-order chi connectivity index (χ0) is 20.1. The molecule has 0 saturated carbocycles. The van der Waals surface area contributed by atoms with Crippen LogP contribution in [-0.2, 0) is 22.6 Å². The minimum atomic E-state index is -0.923. The molecule has 0 spiro atoms. The monoisotopic (exact) mass is 382 g/mol. The van der Waals surface area contributed by atoms with Crippen molar-refractivity contribution in [3.63, 3.8) is 0 Å². The number of nitrogens with zero attached hydrogens (tertiary/aromatic N) is 3. The van der Waals surface area contributed by atoms with Crippen molar-refractivity contribution in [3.05, 3.63) is 53.6 Å². The third kappa shape index (κ3) is 4.28. The summed E-state index contributed by atoms with van der Waals surface area (Å²) in [6.45, 7) is 4.51. The molecule has 28 heavy (non-hydrogen) atoms. The molecule has 3 rings (SSSR count). The van der Waals surface area contributed by atoms with E-state index in [9.17, 15) is 9.59 Å². The van der Waals surface area contributed by atoms with E-state index in [4.69, 9.17) is 9.47 Å². The Balaban J connectivity index is 1.57. The molecule has 0 unspecified atom stereocenters. The number of ether oxygens (including phenoxy) is 2. The van der Waals surface area contributed by atoms with Gasteiger partial charge >= 0.3 is 5.97 Å². The van der Waals surface area contributed by atoms with Crippen LogP contribution in [0.1, 0.15) is 29.8 Å². The first-order valence-corrected chi connectivity index (χ1v) is 8.96. The summed E-state index contributed by atoms with van der Waals surface area (Å²) in [4.78, 5) is 24.6. The third-order valence-corrected chi connectivity index (χ3v) is 4.33. The number of carbonyl (C=O) groups is 2. The molecule has 3 aromatic rings. The molecule has 1 N–H and O–H groups in total. The second-order valence-electron chi connectivity index (χ2n) is 6.22. The molecule has 0 fully saturated rings. The molecule has 146 valence electrons. The zero-order valence-electron chi connectivity index (χ0n) is 16.0. The second kappa shape index (κ2) is 8.51. The second-order valence-corrected chi connectivity index (χ2v) is 6.22. The summed E-state index contributed by atoms with van der Waals surface area (Å²) in [5.74, 6) is -0.212. The van der Waals surface area contributed by atoms with Gasteiger partial charge < -0.3 is 14.8 Å². The molecule has 0 saturated heterocycles. The molecule has 8 nitrogen and oxygen atoms in total. The minimum absolute atomic E-state index is 0.324. The standard InChI is InChI=1S/C20H22N4O4/c1-4-24-18-10-7-15(11-17(18)22-23-24)20(26)28-13(2)19(25)21-12-14-5-8-16(27-3)9-6-14/h5-11,13H,4,12H2,1-3H3,(H,21,25)/t13-/m1/s1. The van der Waals surface area contributed by atoms with Crippen molar-refractivity contribution in [1.29, 1.82) is 0 Å². The van der Waals surface area contributed by atoms with Crippen LogP contribution >= 0.6 is 0 Å². The predicted octanol–water partition coefficient (Wildman–Crippen LogP) is 2.32. The number of aromatic nitrogens is 3. The van der Waals surface area contributed by atoms with Crippen LogP contribution in [0.25, 0.3) is 11.0 Å². The lowest BCUT2D eigenvalue weighted by Gasteiger charge is -2.14. The maximum atomic E-state index is 12.4. The highest BCUT2D eigenvalue weighted by Gasteiger charge is 2.19. The van der Waals surface area contributed by atoms with Crippen molar-refractivity contribution in [3.8, 4) is 5.75 Å². The summed E-state index contributed by atoms with van der Waals surface area (Å²) in [6.07, 6.45) is -0.923. The van der Waals surface area contributed by atoms with Crippen molar-refractivity contribution < 1.29 is 19.1 Å². The molecular formula is C20H22N4O4. The van der Waals surface area contributed by atoms with Crippen molar-refractivity contribution in [2.45, 2.75) is 33.0 Å². The van der Waals surface area contributed by atoms with Crippen LogP contribution < -0.4 is 10.1 Å². The Morgan fingerprint density at radius 3 is 2.61 bits per heavy atom. The van der Waals surface area contributed by atoms with Crippen LogP contribution in [0.15, 0.2) is 42.5 Å². The summed E-state index contributed by atoms with van der Waals surface area (Å²) in [7, 11) is 1.59. The fourth-order valence-corrected chi connectivity index (χ4v) is 2.69. The highest BCUT2D eigenvalue weighted by molar-refractivity contribution is 5.95. The first-order valence-electron chi connectivity index (χ1n) is 8.96. The molecular weight excluding hydrogens is 360 g/mol. The number of esters is 1. The molecule has 0 bridgehead atoms. The van der Waals surface area contributed by atoms with Crippen molar-refractivity contribution in [1.82, 2.24) is 20.3 Å². The third-order valence-electron chi connectivity index (χ3n) is 4.33. The summed E-state index contributed by atoms with van der Waals surface area (Å²) in [6, 6.07) is 12.4. The Hall–Kier alpha value is -3.42. The smallest absolute Gasteiger partial charge is 0.338 e. The Morgan fingerprint density at radius 2 is 1.93 bits per heavy atom. The van der Waals surface area contributed by atoms with Gasteiger partial charge in [0.05, 0.1) is 18.2 Å². The molecule has 0 aliphatic carbocycles. The van der Waals surface area contributed by atoms with Gasteiger partial charge in [-0.3, -0.25) is 4.79 Å². The van der Waals surface area contributed by atoms with E-state index >= 15 is 0 Å². The van der Waals surface area contributed by atoms with Crippen LogP contribution in [0, 0.1) is 0 Å². The zero-order valence-corrected chi connectivity index (χ0v) is 16.0. The van der Waals surface area contributed by atoms with E-state index in [1.807, 2.05) is 31.2 Å². The average molecular weight is 382 g/mol. The quantitative estimate of drug-likeness (QED) is 0.630. The average Bonchev–Trinajstić information content (AvgIpc) is 3.14. The maximum Gasteiger partial charge on any atom is 0.338 e. The van der Waals surface area contributed by atoms with Crippen molar-refractivity contribution in [2.24, 2.45) is 0 Å². The summed E-state index contributed by atoms with van der Waals surface area (Å²) >= 11 is 0. The molecule has 0 aliphatic rings. The molecule has 0 aliphatic heterocycles. The van der Waals surface area contributed by atoms with E-state index < -0.39 is 12.1 Å². The van der Waals surface area contributed by atoms with Crippen LogP contribution in [0.5, 0.6) is 5.75 Å². The number of rotatable bonds is 7. The molecule has 0 radical (unpaired) electrons. The highest BCUT2D eigenvalue weighted by Crippen LogP contribution is 2.15. The summed E-state index contributed by atoms with van der Waals surface area (Å²) < 4.78 is 12.1. The molecule has 1 amide bonds. The van der Waals surface area contributed by atoms with E-state index in [1.165, 1.54) is 6.92 Å². The number of hydrogen-bond donors (Lipinski definition) is 1. The van der Waals surface area contributed by atoms with Crippen LogP contribution in [0.3, 0.4) is 0 Å². The van der Waals surface area contributed by atoms with Gasteiger partial charge in [-0.15, -0.1) is 5.10 Å². The fourth-order valence-electron chi connectivity index (χ4n) is 2.69. The van der Waals surface area contributed by atoms with Crippen LogP contribution in [-0.4, -0.2) is 40.1 Å². The van der Waals surface area contributed by atoms with Gasteiger partial charge in [0.25, 0.3) is 5.91 Å². The van der Waals surface area contributed by atoms with Gasteiger partial charge in [-0.1, -0.05) is 17.3 Å². The number of benzene rings is 2. The van der Waals surface area contributed by atoms with Gasteiger partial charge in [0.2, 0.25) is 0 Å². The van der Waals surface area contributed by atoms with Crippen molar-refractivity contribution in [2.75, 3.05) is 7.11 Å². The number of carbonyl (C=O) groups excluding carboxylic acids is 2. The fraction of sp³-hybridized carbons (Fsp3) is 0.300. The first-order chi connectivity index (χ1) is 13.5. The van der Waals surface area contributed by atoms with E-state index in [2.05, 4.69) is 15.6 Å². The number of fused-ring (bicyclic) bond motifs is 1. The number of methoxy groups -OCH3 is 1. The number of amides is 1. The molecule has 1 aromatic heterocycles. The SMILES string of the molecule is CCn1nnc2cc(C(=O)O[C@H](C)C(=O)NCc3ccc(OC)cc3)ccc21. The molecule has 1 atom stereocenters. The Bertz CT molecular complexity index is 982. The van der Waals surface area contributed by atoms with Gasteiger partial charge in [-0.2, -0.15) is 0 Å². The van der Waals surface area contributed by atoms with E-state index in [1.54, 1.807) is 30.0 Å². The number of nitrogens with one attached hydrogen (secondary N) is 1. The molecule has 2 aromatic carbocycles. The van der Waals surface area contributed by atoms with Gasteiger partial charge in [0, 0.05) is 13.1 Å². The molecule has 8 heteroatoms. The van der Waals surface area contributed by atoms with Crippen LogP contribution in [0.4, 0.5) is 0 Å². The topological polar surface area (TPSA) is 95.3 Å². The largest absolute Gasteiger partial charge is 0.497 e. The predicted molar refractivity (Wildman–Crippen MR) is 103 cm³/mol. The Labute approximate surface area is 162 Å². The molecule has 1 heterocycles. The number of hydrogen-bond acceptors (Lipinski definition) is 6. The Morgan fingerprint density at radius 1 is 1.18 bits per heavy atom. The van der Waals surface area contributed by atoms with E-state index in [0.717, 1.165) is 16.8 Å². The Kier molecular flexibility index (Phi) is 5.88. The highest BCUT2D eigenvalue weighted by atomic mass is 16.5. The lowest BCUT2D eigenvalue weighted by atomic mass is 10.2. The normalized spacial score (nSPS) is 11.8. The number of aryl methyl sites for hydroxylation is 1. The van der Waals surface area contributed by atoms with Crippen LogP contribution in [0.2, 0.25) is 0 Å². The van der Waals surface area contributed by atoms with E-state index in [-0.39, 0.29) is 5.91 Å². The van der Waals surface area contributed by atoms with Crippen molar-refractivity contribution >= 4 is 22.9 Å². The van der Waals surface area contributed by atoms with Gasteiger partial charge in [-0.25, -0.2) is 9.48 Å². The van der Waals surface area contributed by atoms with Gasteiger partial charge in [0.15, 0.2) is 6.10 Å². The van der Waals surface area contributed by atoms with Gasteiger partial charge in [-0.05, 0) is 49.7 Å². The van der Waals surface area contributed by atoms with Gasteiger partial charge in [0.1, 0.15) is 11.3 Å². The lowest BCUT2D eigenvalue weighted by molar-refractivity contribution is -0.129. The summed E-state index contributed by atoms with van der Waals surface area (Å²) in [5, 5.41) is 10.8. The minimum Gasteiger partial charge on any atom is -0.497 e. The maximum absolute atomic E-state index is 12.4. The first kappa shape index (κ1) is 19.3. The summed E-state index contributed by atoms with van der Waals surface area (Å²) in [5.41, 5.74) is 2.68.